The first kappa shape index (κ1) is 14.0. The Morgan fingerprint density at radius 2 is 2.24 bits per heavy atom. The fourth-order valence-corrected chi connectivity index (χ4v) is 3.05. The molecule has 3 aromatic heterocycles. The molecule has 5 nitrogen and oxygen atoms in total. The van der Waals surface area contributed by atoms with Gasteiger partial charge in [-0.3, -0.25) is 9.78 Å². The van der Waals surface area contributed by atoms with E-state index < -0.39 is 5.91 Å². The molecule has 106 valence electrons. The van der Waals surface area contributed by atoms with E-state index >= 15 is 0 Å². The van der Waals surface area contributed by atoms with Crippen LogP contribution < -0.4 is 5.32 Å². The van der Waals surface area contributed by atoms with Crippen LogP contribution in [0.25, 0.3) is 10.9 Å². The Morgan fingerprint density at radius 1 is 1.38 bits per heavy atom. The predicted octanol–water partition coefficient (Wildman–Crippen LogP) is 3.09. The summed E-state index contributed by atoms with van der Waals surface area (Å²) in [6, 6.07) is 7.35. The maximum Gasteiger partial charge on any atom is 0.274 e. The van der Waals surface area contributed by atoms with Crippen LogP contribution >= 0.6 is 27.3 Å². The Kier molecular flexibility index (Phi) is 3.85. The second-order valence-electron chi connectivity index (χ2n) is 4.26. The molecular formula is C14H10BrN3O2S. The van der Waals surface area contributed by atoms with E-state index in [0.29, 0.717) is 22.1 Å². The fraction of sp³-hybridized carbons (Fsp3) is 0.0714. The minimum absolute atomic E-state index is 0.0374. The third-order valence-electron chi connectivity index (χ3n) is 2.91. The average molecular weight is 364 g/mol. The van der Waals surface area contributed by atoms with E-state index in [1.54, 1.807) is 29.7 Å². The highest BCUT2D eigenvalue weighted by Crippen LogP contribution is 2.30. The number of rotatable bonds is 3. The van der Waals surface area contributed by atoms with Crippen molar-refractivity contribution in [2.75, 3.05) is 0 Å². The third-order valence-corrected chi connectivity index (χ3v) is 4.39. The smallest absolute Gasteiger partial charge is 0.274 e. The number of fused-ring (bicyclic) bond motifs is 1. The van der Waals surface area contributed by atoms with Crippen molar-refractivity contribution in [1.29, 1.82) is 0 Å². The van der Waals surface area contributed by atoms with Gasteiger partial charge in [0.05, 0.1) is 6.54 Å². The summed E-state index contributed by atoms with van der Waals surface area (Å²) in [6.07, 6.45) is 1.56. The summed E-state index contributed by atoms with van der Waals surface area (Å²) in [6.45, 7) is 0.398. The van der Waals surface area contributed by atoms with Crippen molar-refractivity contribution in [1.82, 2.24) is 15.3 Å². The number of nitrogens with zero attached hydrogens (tertiary/aromatic N) is 2. The van der Waals surface area contributed by atoms with E-state index in [-0.39, 0.29) is 11.4 Å². The molecule has 0 bridgehead atoms. The molecule has 0 aliphatic heterocycles. The summed E-state index contributed by atoms with van der Waals surface area (Å²) >= 11 is 4.85. The molecule has 0 saturated heterocycles. The summed E-state index contributed by atoms with van der Waals surface area (Å²) in [5, 5.41) is 15.5. The molecule has 0 spiro atoms. The molecule has 0 aliphatic rings. The lowest BCUT2D eigenvalue weighted by molar-refractivity contribution is 0.0943. The van der Waals surface area contributed by atoms with Crippen LogP contribution in [0.4, 0.5) is 0 Å². The SMILES string of the molecule is O=C(NCc1cccs1)c1nc(Br)c2cccnc2c1O. The molecule has 0 saturated carbocycles. The number of pyridine rings is 2. The monoisotopic (exact) mass is 363 g/mol. The van der Waals surface area contributed by atoms with Gasteiger partial charge in [0, 0.05) is 16.5 Å². The molecular weight excluding hydrogens is 354 g/mol. The number of carbonyl (C=O) groups is 1. The van der Waals surface area contributed by atoms with Gasteiger partial charge in [-0.25, -0.2) is 4.98 Å². The van der Waals surface area contributed by atoms with Crippen molar-refractivity contribution in [2.24, 2.45) is 0 Å². The van der Waals surface area contributed by atoms with E-state index in [1.165, 1.54) is 0 Å². The van der Waals surface area contributed by atoms with Crippen LogP contribution in [0.15, 0.2) is 40.4 Å². The topological polar surface area (TPSA) is 75.1 Å². The Morgan fingerprint density at radius 3 is 3.00 bits per heavy atom. The van der Waals surface area contributed by atoms with Crippen molar-refractivity contribution < 1.29 is 9.90 Å². The van der Waals surface area contributed by atoms with Gasteiger partial charge in [0.25, 0.3) is 5.91 Å². The first-order valence-corrected chi connectivity index (χ1v) is 7.78. The fourth-order valence-electron chi connectivity index (χ4n) is 1.91. The number of aromatic hydroxyl groups is 1. The number of hydrogen-bond acceptors (Lipinski definition) is 5. The van der Waals surface area contributed by atoms with Gasteiger partial charge < -0.3 is 10.4 Å². The summed E-state index contributed by atoms with van der Waals surface area (Å²) in [4.78, 5) is 21.4. The van der Waals surface area contributed by atoms with Crippen molar-refractivity contribution in [3.05, 3.63) is 51.0 Å². The van der Waals surface area contributed by atoms with Gasteiger partial charge in [-0.05, 0) is 39.5 Å². The zero-order valence-electron chi connectivity index (χ0n) is 10.7. The number of halogens is 1. The van der Waals surface area contributed by atoms with Crippen LogP contribution in [0, 0.1) is 0 Å². The molecule has 0 radical (unpaired) electrons. The van der Waals surface area contributed by atoms with Crippen molar-refractivity contribution >= 4 is 44.1 Å². The van der Waals surface area contributed by atoms with E-state index in [4.69, 9.17) is 0 Å². The van der Waals surface area contributed by atoms with E-state index in [1.807, 2.05) is 17.5 Å². The number of aromatic nitrogens is 2. The van der Waals surface area contributed by atoms with Crippen LogP contribution in [-0.2, 0) is 6.54 Å². The lowest BCUT2D eigenvalue weighted by atomic mass is 10.2. The summed E-state index contributed by atoms with van der Waals surface area (Å²) in [5.74, 6) is -0.647. The first-order valence-electron chi connectivity index (χ1n) is 6.10. The minimum atomic E-state index is -0.436. The molecule has 3 aromatic rings. The van der Waals surface area contributed by atoms with Gasteiger partial charge in [0.1, 0.15) is 10.1 Å². The summed E-state index contributed by atoms with van der Waals surface area (Å²) in [7, 11) is 0. The number of nitrogens with one attached hydrogen (secondary N) is 1. The number of carbonyl (C=O) groups excluding carboxylic acids is 1. The third kappa shape index (κ3) is 2.74. The van der Waals surface area contributed by atoms with Crippen LogP contribution in [0.2, 0.25) is 0 Å². The zero-order valence-corrected chi connectivity index (χ0v) is 13.1. The molecule has 0 aromatic carbocycles. The van der Waals surface area contributed by atoms with E-state index in [2.05, 4.69) is 31.2 Å². The van der Waals surface area contributed by atoms with Gasteiger partial charge in [0.2, 0.25) is 0 Å². The molecule has 21 heavy (non-hydrogen) atoms. The van der Waals surface area contributed by atoms with E-state index in [0.717, 1.165) is 4.88 Å². The zero-order chi connectivity index (χ0) is 14.8. The van der Waals surface area contributed by atoms with Crippen LogP contribution in [0.5, 0.6) is 5.75 Å². The first-order chi connectivity index (χ1) is 10.2. The second-order valence-corrected chi connectivity index (χ2v) is 6.04. The van der Waals surface area contributed by atoms with Crippen molar-refractivity contribution in [3.8, 4) is 5.75 Å². The van der Waals surface area contributed by atoms with Crippen LogP contribution in [0.3, 0.4) is 0 Å². The Balaban J connectivity index is 1.92. The number of thiophene rings is 1. The highest BCUT2D eigenvalue weighted by molar-refractivity contribution is 9.10. The van der Waals surface area contributed by atoms with E-state index in [9.17, 15) is 9.90 Å². The lowest BCUT2D eigenvalue weighted by Crippen LogP contribution is -2.23. The van der Waals surface area contributed by atoms with Crippen LogP contribution in [-0.4, -0.2) is 21.0 Å². The maximum absolute atomic E-state index is 12.2. The van der Waals surface area contributed by atoms with Gasteiger partial charge in [-0.2, -0.15) is 0 Å². The lowest BCUT2D eigenvalue weighted by Gasteiger charge is -2.08. The number of amides is 1. The van der Waals surface area contributed by atoms with Gasteiger partial charge in [-0.15, -0.1) is 11.3 Å². The molecule has 0 aliphatic carbocycles. The normalized spacial score (nSPS) is 10.7. The molecule has 1 amide bonds. The molecule has 2 N–H and O–H groups in total. The Bertz CT molecular complexity index is 805. The molecule has 0 atom stereocenters. The molecule has 3 heterocycles. The molecule has 0 unspecified atom stereocenters. The molecule has 3 rings (SSSR count). The molecule has 0 fully saturated rings. The standard InChI is InChI=1S/C14H10BrN3O2S/c15-13-9-4-1-5-16-10(9)12(19)11(18-13)14(20)17-7-8-3-2-6-21-8/h1-6,19H,7H2,(H,17,20). The summed E-state index contributed by atoms with van der Waals surface area (Å²) < 4.78 is 0.477. The van der Waals surface area contributed by atoms with Gasteiger partial charge in [-0.1, -0.05) is 6.07 Å². The largest absolute Gasteiger partial charge is 0.504 e. The minimum Gasteiger partial charge on any atom is -0.504 e. The molecule has 7 heteroatoms. The number of hydrogen-bond donors (Lipinski definition) is 2. The Hall–Kier alpha value is -1.99. The highest BCUT2D eigenvalue weighted by atomic mass is 79.9. The Labute approximate surface area is 132 Å². The van der Waals surface area contributed by atoms with Crippen molar-refractivity contribution in [2.45, 2.75) is 6.54 Å². The second kappa shape index (κ2) is 5.79. The average Bonchev–Trinajstić information content (AvgIpc) is 3.02. The quantitative estimate of drug-likeness (QED) is 0.701. The van der Waals surface area contributed by atoms with Crippen molar-refractivity contribution in [3.63, 3.8) is 0 Å². The van der Waals surface area contributed by atoms with Gasteiger partial charge >= 0.3 is 0 Å². The maximum atomic E-state index is 12.2. The van der Waals surface area contributed by atoms with Crippen LogP contribution in [0.1, 0.15) is 15.4 Å². The predicted molar refractivity (Wildman–Crippen MR) is 84.4 cm³/mol. The van der Waals surface area contributed by atoms with Gasteiger partial charge in [0.15, 0.2) is 11.4 Å². The summed E-state index contributed by atoms with van der Waals surface area (Å²) in [5.41, 5.74) is 0.310. The highest BCUT2D eigenvalue weighted by Gasteiger charge is 2.18.